The lowest BCUT2D eigenvalue weighted by molar-refractivity contribution is -0.167. The molecule has 0 rings (SSSR count). The highest BCUT2D eigenvalue weighted by Crippen LogP contribution is 2.18. The predicted octanol–water partition coefficient (Wildman–Crippen LogP) is 23.7. The second-order valence-electron chi connectivity index (χ2n) is 23.1. The van der Waals surface area contributed by atoms with Crippen molar-refractivity contribution in [2.75, 3.05) is 13.2 Å². The topological polar surface area (TPSA) is 78.9 Å². The van der Waals surface area contributed by atoms with E-state index in [-0.39, 0.29) is 31.1 Å². The summed E-state index contributed by atoms with van der Waals surface area (Å²) in [7, 11) is 0. The van der Waals surface area contributed by atoms with Crippen molar-refractivity contribution >= 4 is 17.9 Å². The van der Waals surface area contributed by atoms with E-state index >= 15 is 0 Å². The van der Waals surface area contributed by atoms with Gasteiger partial charge in [-0.1, -0.05) is 318 Å². The summed E-state index contributed by atoms with van der Waals surface area (Å²) in [6.45, 7) is 6.54. The number of esters is 3. The van der Waals surface area contributed by atoms with Crippen molar-refractivity contribution in [3.63, 3.8) is 0 Å². The van der Waals surface area contributed by atoms with Gasteiger partial charge in [-0.15, -0.1) is 0 Å². The van der Waals surface area contributed by atoms with Gasteiger partial charge in [-0.05, 0) is 89.9 Å². The molecule has 0 amide bonds. The van der Waals surface area contributed by atoms with Crippen LogP contribution in [0.15, 0.2) is 72.9 Å². The molecule has 0 bridgehead atoms. The van der Waals surface area contributed by atoms with Crippen LogP contribution in [-0.2, 0) is 28.6 Å². The first-order valence-electron chi connectivity index (χ1n) is 34.4. The van der Waals surface area contributed by atoms with Crippen molar-refractivity contribution in [1.29, 1.82) is 0 Å². The average molecular weight is 1100 g/mol. The summed E-state index contributed by atoms with van der Waals surface area (Å²) in [6, 6.07) is 0. The van der Waals surface area contributed by atoms with Crippen molar-refractivity contribution in [3.8, 4) is 0 Å². The summed E-state index contributed by atoms with van der Waals surface area (Å²) in [5.74, 6) is -0.901. The van der Waals surface area contributed by atoms with Gasteiger partial charge in [-0.3, -0.25) is 14.4 Å². The van der Waals surface area contributed by atoms with Gasteiger partial charge in [0.05, 0.1) is 0 Å². The van der Waals surface area contributed by atoms with Gasteiger partial charge >= 0.3 is 17.9 Å². The minimum atomic E-state index is -0.791. The molecular weight excluding hydrogens is 973 g/mol. The van der Waals surface area contributed by atoms with Gasteiger partial charge in [-0.2, -0.15) is 0 Å². The number of unbranched alkanes of at least 4 members (excludes halogenated alkanes) is 40. The van der Waals surface area contributed by atoms with Crippen LogP contribution in [0.25, 0.3) is 0 Å². The molecule has 0 saturated heterocycles. The number of carbonyl (C=O) groups is 3. The summed E-state index contributed by atoms with van der Waals surface area (Å²) >= 11 is 0. The van der Waals surface area contributed by atoms with Crippen LogP contribution in [0.2, 0.25) is 0 Å². The Morgan fingerprint density at radius 2 is 0.494 bits per heavy atom. The lowest BCUT2D eigenvalue weighted by atomic mass is 10.0. The molecule has 0 heterocycles. The molecule has 0 aliphatic heterocycles. The number of hydrogen-bond acceptors (Lipinski definition) is 6. The lowest BCUT2D eigenvalue weighted by Crippen LogP contribution is -2.30. The zero-order valence-corrected chi connectivity index (χ0v) is 52.6. The summed E-state index contributed by atoms with van der Waals surface area (Å²) in [6.07, 6.45) is 88.0. The number of allylic oxidation sites excluding steroid dienone is 12. The number of ether oxygens (including phenoxy) is 3. The first-order valence-corrected chi connectivity index (χ1v) is 34.4. The fourth-order valence-corrected chi connectivity index (χ4v) is 10.1. The van der Waals surface area contributed by atoms with Crippen molar-refractivity contribution < 1.29 is 28.6 Å². The minimum absolute atomic E-state index is 0.0849. The van der Waals surface area contributed by atoms with Crippen LogP contribution in [0.3, 0.4) is 0 Å². The molecule has 6 nitrogen and oxygen atoms in total. The Bertz CT molecular complexity index is 1450. The third-order valence-corrected chi connectivity index (χ3v) is 15.2. The van der Waals surface area contributed by atoms with Crippen LogP contribution in [0.4, 0.5) is 0 Å². The molecule has 1 unspecified atom stereocenters. The Morgan fingerprint density at radius 1 is 0.266 bits per heavy atom. The fraction of sp³-hybridized carbons (Fsp3) is 0.795. The zero-order chi connectivity index (χ0) is 57.1. The fourth-order valence-electron chi connectivity index (χ4n) is 10.1. The van der Waals surface area contributed by atoms with Crippen LogP contribution in [0, 0.1) is 0 Å². The van der Waals surface area contributed by atoms with Gasteiger partial charge in [-0.25, -0.2) is 0 Å². The largest absolute Gasteiger partial charge is 0.462 e. The van der Waals surface area contributed by atoms with Gasteiger partial charge in [0.25, 0.3) is 0 Å². The van der Waals surface area contributed by atoms with E-state index in [0.29, 0.717) is 19.3 Å². The quantitative estimate of drug-likeness (QED) is 0.0261. The summed E-state index contributed by atoms with van der Waals surface area (Å²) in [4.78, 5) is 38.3. The first kappa shape index (κ1) is 75.8. The second-order valence-corrected chi connectivity index (χ2v) is 23.1. The van der Waals surface area contributed by atoms with Crippen molar-refractivity contribution in [1.82, 2.24) is 0 Å². The molecule has 458 valence electrons. The Balaban J connectivity index is 4.17. The molecule has 0 fully saturated rings. The smallest absolute Gasteiger partial charge is 0.306 e. The van der Waals surface area contributed by atoms with Gasteiger partial charge < -0.3 is 14.2 Å². The number of rotatable bonds is 63. The molecule has 0 spiro atoms. The van der Waals surface area contributed by atoms with E-state index in [1.165, 1.54) is 218 Å². The SMILES string of the molecule is CC/C=C\C/C=C\C/C=C\C/C=C\C/C=C\CCCCCC(=O)OC(COC(=O)CCCCCCCCCCCCC)COC(=O)CCCCCCCCCCCCCCCCCCCCC/C=C\CCCCCCCCCC. The highest BCUT2D eigenvalue weighted by molar-refractivity contribution is 5.71. The van der Waals surface area contributed by atoms with Crippen LogP contribution in [0.1, 0.15) is 355 Å². The average Bonchev–Trinajstić information content (AvgIpc) is 3.45. The van der Waals surface area contributed by atoms with Crippen LogP contribution in [0.5, 0.6) is 0 Å². The van der Waals surface area contributed by atoms with E-state index < -0.39 is 6.10 Å². The minimum Gasteiger partial charge on any atom is -0.462 e. The van der Waals surface area contributed by atoms with Crippen molar-refractivity contribution in [2.24, 2.45) is 0 Å². The lowest BCUT2D eigenvalue weighted by Gasteiger charge is -2.18. The van der Waals surface area contributed by atoms with Gasteiger partial charge in [0.15, 0.2) is 6.10 Å². The molecule has 1 atom stereocenters. The maximum Gasteiger partial charge on any atom is 0.306 e. The standard InChI is InChI=1S/C73H130O6/c1-4-7-10-13-16-19-22-24-26-28-30-31-32-33-34-35-36-37-38-39-40-41-43-44-46-48-51-54-57-60-63-66-72(75)78-69-70(68-77-71(74)65-62-59-56-53-50-21-18-15-12-9-6-3)79-73(76)67-64-61-58-55-52-49-47-45-42-29-27-25-23-20-17-14-11-8-5-2/h8,11,17,20,25,27-28,30,42,45,49,52,70H,4-7,9-10,12-16,18-19,21-24,26,29,31-41,43-44,46-48,50-51,53-69H2,1-3H3/b11-8-,20-17-,27-25-,30-28-,45-42-,52-49-. The monoisotopic (exact) mass is 1100 g/mol. The van der Waals surface area contributed by atoms with Crippen LogP contribution < -0.4 is 0 Å². The highest BCUT2D eigenvalue weighted by Gasteiger charge is 2.19. The zero-order valence-electron chi connectivity index (χ0n) is 52.6. The van der Waals surface area contributed by atoms with E-state index in [4.69, 9.17) is 14.2 Å². The molecule has 79 heavy (non-hydrogen) atoms. The maximum absolute atomic E-state index is 12.9. The molecular formula is C73H130O6. The molecule has 0 aliphatic carbocycles. The normalized spacial score (nSPS) is 12.5. The molecule has 0 aromatic rings. The predicted molar refractivity (Wildman–Crippen MR) is 344 cm³/mol. The Labute approximate surface area is 491 Å². The molecule has 0 aliphatic rings. The van der Waals surface area contributed by atoms with E-state index in [1.807, 2.05) is 0 Å². The number of carbonyl (C=O) groups excluding carboxylic acids is 3. The third kappa shape index (κ3) is 65.5. The molecule has 6 heteroatoms. The summed E-state index contributed by atoms with van der Waals surface area (Å²) in [5, 5.41) is 0. The third-order valence-electron chi connectivity index (χ3n) is 15.2. The van der Waals surface area contributed by atoms with Crippen LogP contribution >= 0.6 is 0 Å². The number of hydrogen-bond donors (Lipinski definition) is 0. The van der Waals surface area contributed by atoms with E-state index in [9.17, 15) is 14.4 Å². The summed E-state index contributed by atoms with van der Waals surface area (Å²) < 4.78 is 16.9. The highest BCUT2D eigenvalue weighted by atomic mass is 16.6. The molecule has 0 radical (unpaired) electrons. The van der Waals surface area contributed by atoms with E-state index in [0.717, 1.165) is 96.3 Å². The Morgan fingerprint density at radius 3 is 0.797 bits per heavy atom. The molecule has 0 aromatic heterocycles. The van der Waals surface area contributed by atoms with Gasteiger partial charge in [0.2, 0.25) is 0 Å². The Kier molecular flexibility index (Phi) is 64.7. The molecule has 0 N–H and O–H groups in total. The maximum atomic E-state index is 12.9. The second kappa shape index (κ2) is 67.4. The van der Waals surface area contributed by atoms with Crippen molar-refractivity contribution in [3.05, 3.63) is 72.9 Å². The Hall–Kier alpha value is -3.15. The summed E-state index contributed by atoms with van der Waals surface area (Å²) in [5.41, 5.74) is 0. The van der Waals surface area contributed by atoms with Gasteiger partial charge in [0.1, 0.15) is 13.2 Å². The van der Waals surface area contributed by atoms with Gasteiger partial charge in [0, 0.05) is 19.3 Å². The molecule has 0 aromatic carbocycles. The van der Waals surface area contributed by atoms with Crippen molar-refractivity contribution in [2.45, 2.75) is 361 Å². The van der Waals surface area contributed by atoms with E-state index in [2.05, 4.69) is 93.7 Å². The first-order chi connectivity index (χ1) is 39.0. The molecule has 0 saturated carbocycles. The van der Waals surface area contributed by atoms with E-state index in [1.54, 1.807) is 0 Å². The van der Waals surface area contributed by atoms with Crippen LogP contribution in [-0.4, -0.2) is 37.2 Å².